The first-order valence-corrected chi connectivity index (χ1v) is 9.71. The summed E-state index contributed by atoms with van der Waals surface area (Å²) in [6.07, 6.45) is 1.68. The van der Waals surface area contributed by atoms with Crippen LogP contribution in [0, 0.1) is 20.8 Å². The van der Waals surface area contributed by atoms with Crippen LogP contribution in [-0.2, 0) is 0 Å². The molecule has 0 amide bonds. The number of nitrogen functional groups attached to an aromatic ring is 1. The van der Waals surface area contributed by atoms with Crippen LogP contribution in [0.4, 0.5) is 17.7 Å². The van der Waals surface area contributed by atoms with Crippen molar-refractivity contribution in [2.75, 3.05) is 11.1 Å². The molecule has 0 aliphatic heterocycles. The minimum atomic E-state index is 0.334. The van der Waals surface area contributed by atoms with Gasteiger partial charge in [-0.15, -0.1) is 5.10 Å². The predicted octanol–water partition coefficient (Wildman–Crippen LogP) is 3.22. The second-order valence-corrected chi connectivity index (χ2v) is 7.23. The van der Waals surface area contributed by atoms with E-state index >= 15 is 0 Å². The summed E-state index contributed by atoms with van der Waals surface area (Å²) in [6.45, 7) is 5.75. The molecular weight excluding hydrogens is 392 g/mol. The Morgan fingerprint density at radius 2 is 1.71 bits per heavy atom. The number of nitrogens with zero attached hydrogens (tertiary/aromatic N) is 7. The van der Waals surface area contributed by atoms with Gasteiger partial charge in [-0.05, 0) is 32.4 Å². The van der Waals surface area contributed by atoms with Gasteiger partial charge in [0.15, 0.2) is 11.5 Å². The van der Waals surface area contributed by atoms with Gasteiger partial charge in [-0.3, -0.25) is 10.4 Å². The fourth-order valence-electron chi connectivity index (χ4n) is 3.55. The van der Waals surface area contributed by atoms with Crippen molar-refractivity contribution in [3.8, 4) is 22.5 Å². The molecule has 0 aliphatic carbocycles. The standard InChI is InChI=1S/C21H20N10/c1-11-9-12(2)25-20(24-11)27-21-26-18(28-29-21)15-10-23-19-16(14-7-5-4-6-8-14)13(3)30-31(19)17(15)22/h4-10H,22H2,1-3H3,(H2,24,25,26,27,28,29). The Kier molecular flexibility index (Phi) is 4.32. The lowest BCUT2D eigenvalue weighted by Gasteiger charge is -2.05. The summed E-state index contributed by atoms with van der Waals surface area (Å²) in [5.74, 6) is 1.65. The molecule has 154 valence electrons. The first kappa shape index (κ1) is 18.7. The summed E-state index contributed by atoms with van der Waals surface area (Å²) >= 11 is 0. The second-order valence-electron chi connectivity index (χ2n) is 7.23. The molecule has 0 saturated carbocycles. The van der Waals surface area contributed by atoms with Crippen molar-refractivity contribution in [3.63, 3.8) is 0 Å². The lowest BCUT2D eigenvalue weighted by atomic mass is 10.1. The van der Waals surface area contributed by atoms with Crippen LogP contribution in [0.15, 0.2) is 42.6 Å². The summed E-state index contributed by atoms with van der Waals surface area (Å²) in [4.78, 5) is 17.8. The molecule has 4 N–H and O–H groups in total. The van der Waals surface area contributed by atoms with Crippen molar-refractivity contribution in [1.29, 1.82) is 0 Å². The number of hydrogen-bond acceptors (Lipinski definition) is 8. The van der Waals surface area contributed by atoms with E-state index in [-0.39, 0.29) is 0 Å². The number of nitrogens with one attached hydrogen (secondary N) is 2. The average Bonchev–Trinajstić information content (AvgIpc) is 3.32. The Bertz CT molecular complexity index is 1380. The Morgan fingerprint density at radius 3 is 2.45 bits per heavy atom. The number of H-pyrrole nitrogens is 1. The van der Waals surface area contributed by atoms with Gasteiger partial charge in [-0.1, -0.05) is 30.3 Å². The number of rotatable bonds is 4. The molecule has 0 atom stereocenters. The lowest BCUT2D eigenvalue weighted by molar-refractivity contribution is 0.928. The molecule has 0 unspecified atom stereocenters. The molecule has 10 heteroatoms. The number of benzene rings is 1. The number of aryl methyl sites for hydroxylation is 3. The fourth-order valence-corrected chi connectivity index (χ4v) is 3.55. The first-order chi connectivity index (χ1) is 15.0. The van der Waals surface area contributed by atoms with Crippen LogP contribution in [-0.4, -0.2) is 39.7 Å². The van der Waals surface area contributed by atoms with Crippen molar-refractivity contribution in [3.05, 3.63) is 59.7 Å². The zero-order chi connectivity index (χ0) is 21.5. The highest BCUT2D eigenvalue weighted by atomic mass is 15.3. The third-order valence-corrected chi connectivity index (χ3v) is 4.86. The zero-order valence-corrected chi connectivity index (χ0v) is 17.2. The molecule has 0 fully saturated rings. The smallest absolute Gasteiger partial charge is 0.249 e. The van der Waals surface area contributed by atoms with Crippen molar-refractivity contribution in [1.82, 2.24) is 39.7 Å². The molecule has 0 bridgehead atoms. The maximum atomic E-state index is 6.44. The van der Waals surface area contributed by atoms with Crippen LogP contribution in [0.5, 0.6) is 0 Å². The largest absolute Gasteiger partial charge is 0.383 e. The zero-order valence-electron chi connectivity index (χ0n) is 17.2. The normalized spacial score (nSPS) is 11.2. The summed E-state index contributed by atoms with van der Waals surface area (Å²) in [5.41, 5.74) is 12.3. The fraction of sp³-hybridized carbons (Fsp3) is 0.143. The molecular formula is C21H20N10. The molecule has 4 heterocycles. The van der Waals surface area contributed by atoms with E-state index < -0.39 is 0 Å². The van der Waals surface area contributed by atoms with E-state index in [1.165, 1.54) is 0 Å². The topological polar surface area (TPSA) is 136 Å². The molecule has 0 spiro atoms. The molecule has 10 nitrogen and oxygen atoms in total. The van der Waals surface area contributed by atoms with E-state index in [0.29, 0.717) is 34.7 Å². The van der Waals surface area contributed by atoms with E-state index in [0.717, 1.165) is 28.2 Å². The Morgan fingerprint density at radius 1 is 0.968 bits per heavy atom. The second kappa shape index (κ2) is 7.17. The summed E-state index contributed by atoms with van der Waals surface area (Å²) in [7, 11) is 0. The van der Waals surface area contributed by atoms with E-state index in [9.17, 15) is 0 Å². The number of aromatic nitrogens is 8. The molecule has 0 saturated heterocycles. The van der Waals surface area contributed by atoms with Gasteiger partial charge in [0.25, 0.3) is 0 Å². The van der Waals surface area contributed by atoms with E-state index in [1.54, 1.807) is 10.7 Å². The predicted molar refractivity (Wildman–Crippen MR) is 118 cm³/mol. The third kappa shape index (κ3) is 3.33. The van der Waals surface area contributed by atoms with Crippen LogP contribution in [0.25, 0.3) is 28.2 Å². The maximum Gasteiger partial charge on any atom is 0.249 e. The highest BCUT2D eigenvalue weighted by Crippen LogP contribution is 2.31. The van der Waals surface area contributed by atoms with Crippen molar-refractivity contribution in [2.45, 2.75) is 20.8 Å². The van der Waals surface area contributed by atoms with Gasteiger partial charge in [0, 0.05) is 23.1 Å². The van der Waals surface area contributed by atoms with Crippen molar-refractivity contribution < 1.29 is 0 Å². The highest BCUT2D eigenvalue weighted by Gasteiger charge is 2.18. The third-order valence-electron chi connectivity index (χ3n) is 4.86. The molecule has 1 aromatic carbocycles. The van der Waals surface area contributed by atoms with E-state index in [2.05, 4.69) is 40.5 Å². The maximum absolute atomic E-state index is 6.44. The molecule has 5 aromatic rings. The van der Waals surface area contributed by atoms with Crippen LogP contribution in [0.3, 0.4) is 0 Å². The van der Waals surface area contributed by atoms with Gasteiger partial charge < -0.3 is 5.73 Å². The van der Waals surface area contributed by atoms with E-state index in [4.69, 9.17) is 5.73 Å². The quantitative estimate of drug-likeness (QED) is 0.409. The molecule has 0 radical (unpaired) electrons. The molecule has 31 heavy (non-hydrogen) atoms. The Hall–Kier alpha value is -4.34. The molecule has 4 aromatic heterocycles. The van der Waals surface area contributed by atoms with Crippen molar-refractivity contribution >= 4 is 23.4 Å². The van der Waals surface area contributed by atoms with Crippen LogP contribution < -0.4 is 11.1 Å². The van der Waals surface area contributed by atoms with E-state index in [1.807, 2.05) is 57.2 Å². The minimum absolute atomic E-state index is 0.334. The van der Waals surface area contributed by atoms with Gasteiger partial charge in [-0.2, -0.15) is 14.6 Å². The number of nitrogens with two attached hydrogens (primary N) is 1. The summed E-state index contributed by atoms with van der Waals surface area (Å²) in [6, 6.07) is 11.9. The van der Waals surface area contributed by atoms with Crippen molar-refractivity contribution in [2.24, 2.45) is 0 Å². The Balaban J connectivity index is 1.52. The Labute approximate surface area is 177 Å². The van der Waals surface area contributed by atoms with Crippen LogP contribution in [0.2, 0.25) is 0 Å². The minimum Gasteiger partial charge on any atom is -0.383 e. The average molecular weight is 412 g/mol. The van der Waals surface area contributed by atoms with Crippen LogP contribution in [0.1, 0.15) is 17.1 Å². The summed E-state index contributed by atoms with van der Waals surface area (Å²) < 4.78 is 1.63. The lowest BCUT2D eigenvalue weighted by Crippen LogP contribution is -2.04. The monoisotopic (exact) mass is 412 g/mol. The number of fused-ring (bicyclic) bond motifs is 1. The summed E-state index contributed by atoms with van der Waals surface area (Å²) in [5, 5.41) is 14.7. The van der Waals surface area contributed by atoms with Crippen LogP contribution >= 0.6 is 0 Å². The molecule has 0 aliphatic rings. The first-order valence-electron chi connectivity index (χ1n) is 9.71. The number of anilines is 3. The van der Waals surface area contributed by atoms with Gasteiger partial charge in [0.1, 0.15) is 5.82 Å². The molecule has 5 rings (SSSR count). The highest BCUT2D eigenvalue weighted by molar-refractivity contribution is 5.82. The van der Waals surface area contributed by atoms with Gasteiger partial charge in [0.2, 0.25) is 11.9 Å². The van der Waals surface area contributed by atoms with Gasteiger partial charge >= 0.3 is 0 Å². The van der Waals surface area contributed by atoms with Gasteiger partial charge in [0.05, 0.1) is 11.3 Å². The SMILES string of the molecule is Cc1cc(C)nc(Nc2n[nH]c(-c3cnc4c(-c5ccccc5)c(C)nn4c3N)n2)n1. The number of hydrogen-bond donors (Lipinski definition) is 3. The van der Waals surface area contributed by atoms with Gasteiger partial charge in [-0.25, -0.2) is 15.0 Å². The number of aromatic amines is 1.